The molecule has 0 amide bonds. The molecule has 2 aromatic heterocycles. The Kier molecular flexibility index (Phi) is 6.67. The quantitative estimate of drug-likeness (QED) is 0.571. The van der Waals surface area contributed by atoms with Crippen molar-refractivity contribution >= 4 is 21.9 Å². The van der Waals surface area contributed by atoms with Crippen molar-refractivity contribution in [3.63, 3.8) is 0 Å². The number of fused-ring (bicyclic) bond motifs is 1. The number of nitrogens with zero attached hydrogens (tertiary/aromatic N) is 7. The lowest BCUT2D eigenvalue weighted by molar-refractivity contribution is 0.00766. The van der Waals surface area contributed by atoms with E-state index in [4.69, 9.17) is 9.72 Å². The molecule has 0 spiro atoms. The average Bonchev–Trinajstić information content (AvgIpc) is 2.82. The van der Waals surface area contributed by atoms with Gasteiger partial charge in [-0.15, -0.1) is 0 Å². The zero-order chi connectivity index (χ0) is 23.7. The van der Waals surface area contributed by atoms with E-state index in [1.807, 2.05) is 12.4 Å². The first kappa shape index (κ1) is 23.4. The van der Waals surface area contributed by atoms with Crippen LogP contribution in [0.15, 0.2) is 18.6 Å². The molecule has 0 N–H and O–H groups in total. The van der Waals surface area contributed by atoms with Gasteiger partial charge in [-0.2, -0.15) is 4.31 Å². The summed E-state index contributed by atoms with van der Waals surface area (Å²) < 4.78 is 31.3. The maximum absolute atomic E-state index is 11.8. The third-order valence-electron chi connectivity index (χ3n) is 7.05. The second kappa shape index (κ2) is 9.71. The van der Waals surface area contributed by atoms with Crippen LogP contribution in [0.25, 0.3) is 0 Å². The van der Waals surface area contributed by atoms with Crippen LogP contribution in [0.3, 0.4) is 0 Å². The average molecular weight is 488 g/mol. The van der Waals surface area contributed by atoms with Gasteiger partial charge < -0.3 is 14.5 Å². The lowest BCUT2D eigenvalue weighted by Gasteiger charge is -2.40. The van der Waals surface area contributed by atoms with Crippen molar-refractivity contribution in [1.82, 2.24) is 24.2 Å². The monoisotopic (exact) mass is 487 g/mol. The minimum absolute atomic E-state index is 0.211. The van der Waals surface area contributed by atoms with Crippen molar-refractivity contribution in [2.75, 3.05) is 55.4 Å². The van der Waals surface area contributed by atoms with Crippen molar-refractivity contribution in [2.24, 2.45) is 5.92 Å². The number of rotatable bonds is 7. The summed E-state index contributed by atoms with van der Waals surface area (Å²) in [5, 5.41) is 0. The van der Waals surface area contributed by atoms with E-state index in [0.717, 1.165) is 69.3 Å². The van der Waals surface area contributed by atoms with Crippen molar-refractivity contribution in [3.8, 4) is 0 Å². The third kappa shape index (κ3) is 5.16. The first-order chi connectivity index (χ1) is 16.4. The number of hydrogen-bond acceptors (Lipinski definition) is 9. The Morgan fingerprint density at radius 2 is 1.71 bits per heavy atom. The molecule has 0 saturated carbocycles. The molecule has 3 aliphatic heterocycles. The van der Waals surface area contributed by atoms with Gasteiger partial charge >= 0.3 is 0 Å². The zero-order valence-corrected chi connectivity index (χ0v) is 20.7. The predicted molar refractivity (Wildman–Crippen MR) is 129 cm³/mol. The fourth-order valence-corrected chi connectivity index (χ4v) is 5.48. The summed E-state index contributed by atoms with van der Waals surface area (Å²) in [7, 11) is -3.19. The highest BCUT2D eigenvalue weighted by molar-refractivity contribution is 7.88. The molecule has 11 heteroatoms. The third-order valence-corrected chi connectivity index (χ3v) is 8.30. The zero-order valence-electron chi connectivity index (χ0n) is 19.9. The van der Waals surface area contributed by atoms with Crippen LogP contribution in [0.4, 0.5) is 11.9 Å². The Balaban J connectivity index is 1.05. The smallest absolute Gasteiger partial charge is 0.225 e. The van der Waals surface area contributed by atoms with E-state index in [9.17, 15) is 8.42 Å². The van der Waals surface area contributed by atoms with Crippen molar-refractivity contribution < 1.29 is 13.2 Å². The highest BCUT2D eigenvalue weighted by Crippen LogP contribution is 2.26. The van der Waals surface area contributed by atoms with Gasteiger partial charge in [0.25, 0.3) is 0 Å². The van der Waals surface area contributed by atoms with E-state index >= 15 is 0 Å². The number of anilines is 2. The van der Waals surface area contributed by atoms with Gasteiger partial charge in [-0.1, -0.05) is 6.92 Å². The summed E-state index contributed by atoms with van der Waals surface area (Å²) >= 11 is 0. The van der Waals surface area contributed by atoms with Gasteiger partial charge in [-0.25, -0.2) is 28.4 Å². The topological polar surface area (TPSA) is 105 Å². The van der Waals surface area contributed by atoms with Crippen LogP contribution in [0.5, 0.6) is 0 Å². The van der Waals surface area contributed by atoms with Crippen LogP contribution in [-0.4, -0.2) is 84.3 Å². The van der Waals surface area contributed by atoms with Crippen LogP contribution < -0.4 is 9.80 Å². The summed E-state index contributed by atoms with van der Waals surface area (Å²) in [6.07, 6.45) is 10.9. The summed E-state index contributed by atoms with van der Waals surface area (Å²) in [5.74, 6) is 2.12. The van der Waals surface area contributed by atoms with Crippen LogP contribution in [0, 0.1) is 5.92 Å². The van der Waals surface area contributed by atoms with Gasteiger partial charge in [-0.3, -0.25) is 0 Å². The molecule has 0 atom stereocenters. The Labute approximate surface area is 201 Å². The lowest BCUT2D eigenvalue weighted by atomic mass is 9.98. The molecule has 34 heavy (non-hydrogen) atoms. The van der Waals surface area contributed by atoms with E-state index < -0.39 is 10.0 Å². The molecule has 0 unspecified atom stereocenters. The number of hydrogen-bond donors (Lipinski definition) is 0. The molecule has 2 aromatic rings. The molecule has 5 rings (SSSR count). The fourth-order valence-electron chi connectivity index (χ4n) is 4.69. The number of sulfonamides is 1. The van der Waals surface area contributed by atoms with Gasteiger partial charge in [-0.05, 0) is 30.7 Å². The minimum atomic E-state index is -3.19. The van der Waals surface area contributed by atoms with E-state index in [-0.39, 0.29) is 6.10 Å². The highest BCUT2D eigenvalue weighted by Gasteiger charge is 2.32. The van der Waals surface area contributed by atoms with Gasteiger partial charge in [0.1, 0.15) is 0 Å². The van der Waals surface area contributed by atoms with E-state index in [2.05, 4.69) is 31.7 Å². The number of ether oxygens (including phenoxy) is 1. The van der Waals surface area contributed by atoms with E-state index in [0.29, 0.717) is 31.4 Å². The normalized spacial score (nSPS) is 20.3. The van der Waals surface area contributed by atoms with Crippen LogP contribution in [0.1, 0.15) is 36.6 Å². The summed E-state index contributed by atoms with van der Waals surface area (Å²) in [5.41, 5.74) is 3.02. The molecule has 2 saturated heterocycles. The van der Waals surface area contributed by atoms with Crippen molar-refractivity contribution in [2.45, 2.75) is 45.3 Å². The lowest BCUT2D eigenvalue weighted by Crippen LogP contribution is -2.53. The summed E-state index contributed by atoms with van der Waals surface area (Å²) in [6.45, 7) is 7.26. The largest absolute Gasteiger partial charge is 0.374 e. The molecule has 0 radical (unpaired) electrons. The summed E-state index contributed by atoms with van der Waals surface area (Å²) in [6, 6.07) is 0. The molecule has 0 bridgehead atoms. The second-order valence-corrected chi connectivity index (χ2v) is 11.5. The molecule has 0 aliphatic carbocycles. The fraction of sp³-hybridized carbons (Fsp3) is 0.652. The Morgan fingerprint density at radius 1 is 1.00 bits per heavy atom. The Morgan fingerprint density at radius 3 is 2.38 bits per heavy atom. The number of piperidine rings is 1. The minimum Gasteiger partial charge on any atom is -0.374 e. The predicted octanol–water partition coefficient (Wildman–Crippen LogP) is 1.27. The van der Waals surface area contributed by atoms with Gasteiger partial charge in [0.05, 0.1) is 24.7 Å². The Hall–Kier alpha value is -2.37. The maximum atomic E-state index is 11.8. The van der Waals surface area contributed by atoms with Crippen molar-refractivity contribution in [1.29, 1.82) is 0 Å². The first-order valence-corrected chi connectivity index (χ1v) is 14.0. The van der Waals surface area contributed by atoms with Crippen LogP contribution in [0.2, 0.25) is 0 Å². The molecule has 3 aliphatic rings. The van der Waals surface area contributed by atoms with Crippen molar-refractivity contribution in [3.05, 3.63) is 35.4 Å². The maximum Gasteiger partial charge on any atom is 0.225 e. The molecule has 184 valence electrons. The molecular formula is C23H33N7O3S. The number of aryl methyl sites for hydroxylation is 1. The standard InChI is InChI=1S/C23H33N7O3S/c1-3-17-10-24-22(25-11-17)28-7-4-18(5-8-28)16-33-20-14-29(15-20)23-26-12-19-13-30(34(2,31)32)9-6-21(19)27-23/h10-12,18,20H,3-9,13-16H2,1-2H3. The van der Waals surface area contributed by atoms with Crippen LogP contribution >= 0.6 is 0 Å². The highest BCUT2D eigenvalue weighted by atomic mass is 32.2. The molecule has 2 fully saturated rings. The molecule has 0 aromatic carbocycles. The number of aromatic nitrogens is 4. The molecular weight excluding hydrogens is 454 g/mol. The second-order valence-electron chi connectivity index (χ2n) is 9.52. The first-order valence-electron chi connectivity index (χ1n) is 12.1. The molecule has 5 heterocycles. The molecule has 10 nitrogen and oxygen atoms in total. The summed E-state index contributed by atoms with van der Waals surface area (Å²) in [4.78, 5) is 22.6. The van der Waals surface area contributed by atoms with Gasteiger partial charge in [0, 0.05) is 69.8 Å². The SMILES string of the molecule is CCc1cnc(N2CCC(COC3CN(c4ncc5c(n4)CCN(S(C)(=O)=O)C5)C3)CC2)nc1. The van der Waals surface area contributed by atoms with E-state index in [1.165, 1.54) is 16.1 Å². The Bertz CT molecular complexity index is 1100. The van der Waals surface area contributed by atoms with Crippen LogP contribution in [-0.2, 0) is 34.1 Å². The van der Waals surface area contributed by atoms with Gasteiger partial charge in [0.15, 0.2) is 0 Å². The van der Waals surface area contributed by atoms with E-state index in [1.54, 1.807) is 6.20 Å². The van der Waals surface area contributed by atoms with Gasteiger partial charge in [0.2, 0.25) is 21.9 Å².